The van der Waals surface area contributed by atoms with Crippen molar-refractivity contribution < 1.29 is 4.74 Å². The van der Waals surface area contributed by atoms with Crippen molar-refractivity contribution in [2.24, 2.45) is 0 Å². The van der Waals surface area contributed by atoms with Crippen LogP contribution in [0.4, 0.5) is 0 Å². The number of para-hydroxylation sites is 1. The van der Waals surface area contributed by atoms with Crippen LogP contribution in [-0.2, 0) is 0 Å². The summed E-state index contributed by atoms with van der Waals surface area (Å²) in [6, 6.07) is 17.3. The quantitative estimate of drug-likeness (QED) is 0.922. The molecule has 4 rings (SSSR count). The van der Waals surface area contributed by atoms with Gasteiger partial charge in [0.1, 0.15) is 5.75 Å². The fraction of sp³-hybridized carbons (Fsp3) is 0.263. The van der Waals surface area contributed by atoms with Gasteiger partial charge in [0, 0.05) is 35.1 Å². The van der Waals surface area contributed by atoms with E-state index < -0.39 is 0 Å². The fourth-order valence-corrected chi connectivity index (χ4v) is 3.27. The molecule has 2 aromatic rings. The van der Waals surface area contributed by atoms with Crippen molar-refractivity contribution in [1.82, 2.24) is 10.2 Å². The lowest BCUT2D eigenvalue weighted by Gasteiger charge is -2.43. The van der Waals surface area contributed by atoms with Gasteiger partial charge in [0.05, 0.1) is 12.0 Å². The van der Waals surface area contributed by atoms with E-state index in [2.05, 4.69) is 53.5 Å². The van der Waals surface area contributed by atoms with Crippen molar-refractivity contribution in [2.45, 2.75) is 13.0 Å². The number of nitrogens with zero attached hydrogens (tertiary/aromatic N) is 1. The highest BCUT2D eigenvalue weighted by Gasteiger charge is 2.30. The van der Waals surface area contributed by atoms with Gasteiger partial charge in [-0.2, -0.15) is 0 Å². The Hall–Kier alpha value is -2.26. The first-order valence-corrected chi connectivity index (χ1v) is 7.91. The third-order valence-corrected chi connectivity index (χ3v) is 4.36. The summed E-state index contributed by atoms with van der Waals surface area (Å²) in [6.07, 6.45) is 1.86. The van der Waals surface area contributed by atoms with Crippen LogP contribution >= 0.6 is 0 Å². The number of rotatable bonds is 3. The van der Waals surface area contributed by atoms with Crippen molar-refractivity contribution in [3.63, 3.8) is 0 Å². The first-order valence-electron chi connectivity index (χ1n) is 7.91. The lowest BCUT2D eigenvalue weighted by atomic mass is 10.0. The van der Waals surface area contributed by atoms with Crippen molar-refractivity contribution in [2.75, 3.05) is 19.6 Å². The van der Waals surface area contributed by atoms with E-state index in [-0.39, 0.29) is 0 Å². The molecule has 112 valence electrons. The predicted molar refractivity (Wildman–Crippen MR) is 88.8 cm³/mol. The van der Waals surface area contributed by atoms with Gasteiger partial charge in [0.25, 0.3) is 0 Å². The van der Waals surface area contributed by atoms with Crippen LogP contribution < -0.4 is 20.5 Å². The minimum atomic E-state index is 0.588. The topological polar surface area (TPSA) is 24.5 Å². The Morgan fingerprint density at radius 3 is 2.73 bits per heavy atom. The zero-order valence-corrected chi connectivity index (χ0v) is 12.8. The summed E-state index contributed by atoms with van der Waals surface area (Å²) in [5.41, 5.74) is 2.47. The molecule has 2 heterocycles. The number of likely N-dealkylation sites (tertiary alicyclic amines) is 1. The molecular formula is C19H20N2O. The van der Waals surface area contributed by atoms with Gasteiger partial charge in [-0.25, -0.2) is 0 Å². The Bertz CT molecular complexity index is 806. The molecule has 0 atom stereocenters. The minimum Gasteiger partial charge on any atom is -0.464 e. The van der Waals surface area contributed by atoms with Gasteiger partial charge in [0.15, 0.2) is 0 Å². The van der Waals surface area contributed by atoms with Crippen LogP contribution in [0, 0.1) is 0 Å². The molecule has 0 saturated carbocycles. The van der Waals surface area contributed by atoms with E-state index in [4.69, 9.17) is 4.74 Å². The number of benzene rings is 2. The fourth-order valence-electron chi connectivity index (χ4n) is 3.27. The normalized spacial score (nSPS) is 16.8. The Morgan fingerprint density at radius 1 is 1.09 bits per heavy atom. The van der Waals surface area contributed by atoms with Gasteiger partial charge in [-0.05, 0) is 18.7 Å². The molecule has 3 nitrogen and oxygen atoms in total. The number of likely N-dealkylation sites (N-methyl/N-ethyl adjacent to an activating group) is 1. The van der Waals surface area contributed by atoms with Crippen molar-refractivity contribution >= 4 is 12.0 Å². The van der Waals surface area contributed by atoms with Gasteiger partial charge in [0.2, 0.25) is 0 Å². The number of hydrogen-bond donors (Lipinski definition) is 1. The molecule has 2 aliphatic heterocycles. The van der Waals surface area contributed by atoms with Crippen molar-refractivity contribution in [3.05, 3.63) is 64.5 Å². The van der Waals surface area contributed by atoms with Crippen molar-refractivity contribution in [1.29, 1.82) is 0 Å². The molecule has 22 heavy (non-hydrogen) atoms. The molecule has 0 spiro atoms. The highest BCUT2D eigenvalue weighted by atomic mass is 16.5. The molecule has 0 unspecified atom stereocenters. The molecule has 0 aliphatic carbocycles. The molecule has 0 amide bonds. The number of ether oxygens (including phenoxy) is 1. The summed E-state index contributed by atoms with van der Waals surface area (Å²) in [4.78, 5) is 2.45. The van der Waals surface area contributed by atoms with Crippen LogP contribution in [0.3, 0.4) is 0 Å². The highest BCUT2D eigenvalue weighted by Crippen LogP contribution is 2.30. The zero-order chi connectivity index (χ0) is 14.9. The van der Waals surface area contributed by atoms with Gasteiger partial charge >= 0.3 is 0 Å². The average molecular weight is 292 g/mol. The largest absolute Gasteiger partial charge is 0.464 e. The van der Waals surface area contributed by atoms with E-state index in [1.54, 1.807) is 0 Å². The van der Waals surface area contributed by atoms with E-state index in [1.807, 2.05) is 18.4 Å². The Balaban J connectivity index is 1.86. The maximum Gasteiger partial charge on any atom is 0.135 e. The molecule has 1 N–H and O–H groups in total. The third-order valence-electron chi connectivity index (χ3n) is 4.36. The van der Waals surface area contributed by atoms with Crippen LogP contribution in [0.15, 0.2) is 48.5 Å². The van der Waals surface area contributed by atoms with Crippen LogP contribution in [-0.4, -0.2) is 30.6 Å². The summed E-state index contributed by atoms with van der Waals surface area (Å²) < 4.78 is 5.91. The molecule has 2 aliphatic rings. The molecule has 2 aromatic carbocycles. The Labute approximate surface area is 130 Å². The average Bonchev–Trinajstić information content (AvgIpc) is 2.68. The second kappa shape index (κ2) is 5.50. The molecule has 0 aromatic heterocycles. The monoisotopic (exact) mass is 292 g/mol. The molecule has 0 bridgehead atoms. The Morgan fingerprint density at radius 2 is 1.86 bits per heavy atom. The van der Waals surface area contributed by atoms with E-state index in [0.29, 0.717) is 6.04 Å². The van der Waals surface area contributed by atoms with Crippen LogP contribution in [0.2, 0.25) is 0 Å². The van der Waals surface area contributed by atoms with E-state index in [1.165, 1.54) is 16.5 Å². The van der Waals surface area contributed by atoms with Crippen LogP contribution in [0.25, 0.3) is 12.0 Å². The third kappa shape index (κ3) is 2.18. The molecular weight excluding hydrogens is 272 g/mol. The van der Waals surface area contributed by atoms with E-state index in [9.17, 15) is 0 Å². The predicted octanol–water partition coefficient (Wildman–Crippen LogP) is 1.27. The smallest absolute Gasteiger partial charge is 0.135 e. The molecule has 1 fully saturated rings. The molecule has 3 heteroatoms. The highest BCUT2D eigenvalue weighted by molar-refractivity contribution is 5.71. The lowest BCUT2D eigenvalue weighted by Crippen LogP contribution is -2.58. The van der Waals surface area contributed by atoms with Gasteiger partial charge in [-0.3, -0.25) is 0 Å². The molecule has 0 radical (unpaired) electrons. The number of nitrogens with one attached hydrogen (secondary N) is 1. The second-order valence-corrected chi connectivity index (χ2v) is 5.83. The number of hydrogen-bond acceptors (Lipinski definition) is 3. The summed E-state index contributed by atoms with van der Waals surface area (Å²) in [5, 5.41) is 5.91. The van der Waals surface area contributed by atoms with Crippen LogP contribution in [0.1, 0.15) is 12.5 Å². The van der Waals surface area contributed by atoms with Crippen LogP contribution in [0.5, 0.6) is 5.75 Å². The van der Waals surface area contributed by atoms with Gasteiger partial charge in [-0.1, -0.05) is 43.3 Å². The Kier molecular flexibility index (Phi) is 3.35. The molecule has 1 saturated heterocycles. The van der Waals surface area contributed by atoms with Gasteiger partial charge in [-0.15, -0.1) is 0 Å². The van der Waals surface area contributed by atoms with E-state index >= 15 is 0 Å². The summed E-state index contributed by atoms with van der Waals surface area (Å²) in [5.74, 6) is 0.931. The maximum absolute atomic E-state index is 5.91. The minimum absolute atomic E-state index is 0.588. The van der Waals surface area contributed by atoms with Gasteiger partial charge < -0.3 is 15.0 Å². The maximum atomic E-state index is 5.91. The zero-order valence-electron chi connectivity index (χ0n) is 12.8. The summed E-state index contributed by atoms with van der Waals surface area (Å²) in [7, 11) is 0. The first kappa shape index (κ1) is 13.4. The van der Waals surface area contributed by atoms with E-state index in [0.717, 1.165) is 30.6 Å². The summed E-state index contributed by atoms with van der Waals surface area (Å²) in [6.45, 7) is 5.28. The SMILES string of the molecule is CCNC1CN(C2=c3ccccc3=COc3ccccc32)C1. The second-order valence-electron chi connectivity index (χ2n) is 5.83. The van der Waals surface area contributed by atoms with Crippen molar-refractivity contribution in [3.8, 4) is 5.75 Å². The first-order chi connectivity index (χ1) is 10.9. The standard InChI is InChI=1S/C19H20N2O/c1-2-20-15-11-21(12-15)19-16-8-4-3-7-14(16)13-22-18-10-6-5-9-17(18)19/h3-10,13,15,20H,2,11-12H2,1H3. The lowest BCUT2D eigenvalue weighted by molar-refractivity contribution is 0.203. The summed E-state index contributed by atoms with van der Waals surface area (Å²) >= 11 is 0. The number of fused-ring (bicyclic) bond motifs is 2.